The van der Waals surface area contributed by atoms with Crippen LogP contribution >= 0.6 is 11.8 Å². The number of thioether (sulfide) groups is 1. The molecule has 0 spiro atoms. The molecule has 1 heterocycles. The molecule has 0 aromatic heterocycles. The van der Waals surface area contributed by atoms with Crippen molar-refractivity contribution in [3.05, 3.63) is 29.3 Å². The van der Waals surface area contributed by atoms with E-state index in [0.29, 0.717) is 5.75 Å². The molecule has 0 saturated carbocycles. The summed E-state index contributed by atoms with van der Waals surface area (Å²) >= 11 is 4.52. The standard InChI is InChI=1S/C11H11NOSSe/c1-7-4-3-5-8(2)10(7)12-9(13)6-14-11(12)15/h3-5H,6H2,1-2H3. The van der Waals surface area contributed by atoms with Crippen molar-refractivity contribution >= 4 is 42.8 Å². The molecular weight excluding hydrogens is 273 g/mol. The Labute approximate surface area is 101 Å². The SMILES string of the molecule is Cc1cccc(C)c1N1C(=O)CSC1=[Se]. The van der Waals surface area contributed by atoms with Gasteiger partial charge < -0.3 is 0 Å². The van der Waals surface area contributed by atoms with Gasteiger partial charge in [0.1, 0.15) is 0 Å². The van der Waals surface area contributed by atoms with Gasteiger partial charge in [0, 0.05) is 0 Å². The number of para-hydroxylation sites is 1. The number of nitrogens with zero attached hydrogens (tertiary/aromatic N) is 1. The van der Waals surface area contributed by atoms with Gasteiger partial charge >= 0.3 is 101 Å². The number of amides is 1. The Hall–Kier alpha value is -0.571. The molecule has 0 N–H and O–H groups in total. The zero-order valence-corrected chi connectivity index (χ0v) is 11.1. The fourth-order valence-electron chi connectivity index (χ4n) is 1.73. The summed E-state index contributed by atoms with van der Waals surface area (Å²) in [5.41, 5.74) is 3.30. The van der Waals surface area contributed by atoms with Gasteiger partial charge in [0.25, 0.3) is 0 Å². The molecule has 1 aliphatic rings. The maximum absolute atomic E-state index is 11.8. The second kappa shape index (κ2) is 4.12. The summed E-state index contributed by atoms with van der Waals surface area (Å²) in [4.78, 5) is 13.5. The van der Waals surface area contributed by atoms with Crippen molar-refractivity contribution in [3.63, 3.8) is 0 Å². The van der Waals surface area contributed by atoms with Crippen LogP contribution in [0.1, 0.15) is 11.1 Å². The Morgan fingerprint density at radius 2 is 1.93 bits per heavy atom. The Morgan fingerprint density at radius 1 is 1.33 bits per heavy atom. The number of hydrogen-bond acceptors (Lipinski definition) is 2. The molecule has 2 rings (SSSR count). The molecule has 0 atom stereocenters. The molecule has 4 heteroatoms. The normalized spacial score (nSPS) is 16.3. The fourth-order valence-corrected chi connectivity index (χ4v) is 3.20. The van der Waals surface area contributed by atoms with Crippen LogP contribution in [0.4, 0.5) is 5.69 Å². The van der Waals surface area contributed by atoms with Crippen LogP contribution in [0.5, 0.6) is 0 Å². The average Bonchev–Trinajstić information content (AvgIpc) is 2.49. The van der Waals surface area contributed by atoms with Crippen LogP contribution in [0.25, 0.3) is 0 Å². The maximum atomic E-state index is 11.8. The van der Waals surface area contributed by atoms with Gasteiger partial charge in [-0.1, -0.05) is 0 Å². The van der Waals surface area contributed by atoms with Crippen molar-refractivity contribution in [1.29, 1.82) is 0 Å². The fraction of sp³-hybridized carbons (Fsp3) is 0.273. The predicted molar refractivity (Wildman–Crippen MR) is 66.6 cm³/mol. The van der Waals surface area contributed by atoms with Crippen LogP contribution in [0.3, 0.4) is 0 Å². The van der Waals surface area contributed by atoms with Gasteiger partial charge in [0.05, 0.1) is 0 Å². The Bertz CT molecular complexity index is 408. The van der Waals surface area contributed by atoms with E-state index in [9.17, 15) is 4.79 Å². The van der Waals surface area contributed by atoms with Crippen LogP contribution in [0, 0.1) is 13.8 Å². The van der Waals surface area contributed by atoms with Crippen LogP contribution in [0.2, 0.25) is 0 Å². The summed E-state index contributed by atoms with van der Waals surface area (Å²) in [5, 5.41) is 0. The molecule has 0 unspecified atom stereocenters. The first-order valence-electron chi connectivity index (χ1n) is 4.67. The number of carbonyl (C=O) groups excluding carboxylic acids is 1. The molecule has 78 valence electrons. The first-order valence-corrected chi connectivity index (χ1v) is 6.51. The van der Waals surface area contributed by atoms with E-state index in [1.54, 1.807) is 16.7 Å². The van der Waals surface area contributed by atoms with E-state index in [1.165, 1.54) is 0 Å². The summed E-state index contributed by atoms with van der Waals surface area (Å²) in [6, 6.07) is 6.08. The first-order chi connectivity index (χ1) is 7.11. The van der Waals surface area contributed by atoms with E-state index in [0.717, 1.165) is 20.7 Å². The quantitative estimate of drug-likeness (QED) is 0.731. The molecule has 0 bridgehead atoms. The second-order valence-electron chi connectivity index (χ2n) is 3.52. The van der Waals surface area contributed by atoms with E-state index in [1.807, 2.05) is 32.0 Å². The molecule has 1 aromatic rings. The summed E-state index contributed by atoms with van der Waals surface area (Å²) in [6.07, 6.45) is 0. The van der Waals surface area contributed by atoms with Gasteiger partial charge in [-0.25, -0.2) is 0 Å². The number of anilines is 1. The summed E-state index contributed by atoms with van der Waals surface area (Å²) < 4.78 is 0.956. The molecule has 0 radical (unpaired) electrons. The van der Waals surface area contributed by atoms with E-state index in [4.69, 9.17) is 0 Å². The van der Waals surface area contributed by atoms with Crippen LogP contribution in [-0.2, 0) is 4.79 Å². The number of aryl methyl sites for hydroxylation is 2. The molecule has 1 fully saturated rings. The van der Waals surface area contributed by atoms with E-state index < -0.39 is 0 Å². The number of rotatable bonds is 1. The van der Waals surface area contributed by atoms with E-state index in [-0.39, 0.29) is 5.91 Å². The van der Waals surface area contributed by atoms with Gasteiger partial charge in [-0.05, 0) is 0 Å². The molecule has 1 aliphatic heterocycles. The van der Waals surface area contributed by atoms with Crippen LogP contribution < -0.4 is 4.90 Å². The molecule has 1 saturated heterocycles. The van der Waals surface area contributed by atoms with Crippen molar-refractivity contribution in [3.8, 4) is 0 Å². The summed E-state index contributed by atoms with van der Waals surface area (Å²) in [6.45, 7) is 4.07. The Morgan fingerprint density at radius 3 is 2.40 bits per heavy atom. The van der Waals surface area contributed by atoms with Crippen LogP contribution in [-0.4, -0.2) is 31.1 Å². The summed E-state index contributed by atoms with van der Waals surface area (Å²) in [7, 11) is 0. The van der Waals surface area contributed by atoms with Gasteiger partial charge in [-0.15, -0.1) is 0 Å². The van der Waals surface area contributed by atoms with E-state index >= 15 is 0 Å². The molecule has 2 nitrogen and oxygen atoms in total. The second-order valence-corrected chi connectivity index (χ2v) is 5.88. The predicted octanol–water partition coefficient (Wildman–Crippen LogP) is 1.64. The third-order valence-corrected chi connectivity index (χ3v) is 4.36. The van der Waals surface area contributed by atoms with Gasteiger partial charge in [0.15, 0.2) is 0 Å². The number of carbonyl (C=O) groups is 1. The number of benzene rings is 1. The van der Waals surface area contributed by atoms with Crippen molar-refractivity contribution in [1.82, 2.24) is 0 Å². The minimum atomic E-state index is 0.158. The minimum absolute atomic E-state index is 0.158. The Balaban J connectivity index is 2.53. The van der Waals surface area contributed by atoms with Gasteiger partial charge in [-0.3, -0.25) is 0 Å². The first kappa shape index (κ1) is 10.9. The van der Waals surface area contributed by atoms with Crippen LogP contribution in [0.15, 0.2) is 18.2 Å². The van der Waals surface area contributed by atoms with Gasteiger partial charge in [0.2, 0.25) is 0 Å². The van der Waals surface area contributed by atoms with Gasteiger partial charge in [-0.2, -0.15) is 0 Å². The summed E-state index contributed by atoms with van der Waals surface area (Å²) in [5.74, 6) is 0.696. The topological polar surface area (TPSA) is 20.3 Å². The molecule has 1 aromatic carbocycles. The molecule has 0 aliphatic carbocycles. The van der Waals surface area contributed by atoms with E-state index in [2.05, 4.69) is 15.6 Å². The zero-order valence-electron chi connectivity index (χ0n) is 8.61. The molecular formula is C11H11NOSSe. The molecule has 15 heavy (non-hydrogen) atoms. The van der Waals surface area contributed by atoms with Crippen molar-refractivity contribution < 1.29 is 4.79 Å². The van der Waals surface area contributed by atoms with Crippen molar-refractivity contribution in [2.24, 2.45) is 0 Å². The Kier molecular flexibility index (Phi) is 3.01. The number of hydrogen-bond donors (Lipinski definition) is 0. The third kappa shape index (κ3) is 1.89. The zero-order chi connectivity index (χ0) is 11.0. The van der Waals surface area contributed by atoms with Crippen molar-refractivity contribution in [2.45, 2.75) is 13.8 Å². The monoisotopic (exact) mass is 285 g/mol. The van der Waals surface area contributed by atoms with Crippen molar-refractivity contribution in [2.75, 3.05) is 10.7 Å². The molecule has 1 amide bonds. The third-order valence-electron chi connectivity index (χ3n) is 2.41. The average molecular weight is 284 g/mol.